The highest BCUT2D eigenvalue weighted by molar-refractivity contribution is 5.76. The Kier molecular flexibility index (Phi) is 8.71. The second kappa shape index (κ2) is 11.2. The van der Waals surface area contributed by atoms with E-state index >= 15 is 0 Å². The van der Waals surface area contributed by atoms with Gasteiger partial charge in [-0.3, -0.25) is 0 Å². The van der Waals surface area contributed by atoms with E-state index in [1.165, 1.54) is 18.9 Å². The lowest BCUT2D eigenvalue weighted by atomic mass is 9.96. The predicted octanol–water partition coefficient (Wildman–Crippen LogP) is 7.49. The minimum atomic E-state index is -5.01. The molecule has 6 nitrogen and oxygen atoms in total. The summed E-state index contributed by atoms with van der Waals surface area (Å²) in [5, 5.41) is 2.82. The molecule has 0 radical (unpaired) electrons. The van der Waals surface area contributed by atoms with Gasteiger partial charge in [0.2, 0.25) is 0 Å². The second-order valence-corrected chi connectivity index (χ2v) is 10.9. The van der Waals surface area contributed by atoms with Crippen molar-refractivity contribution in [3.05, 3.63) is 70.3 Å². The summed E-state index contributed by atoms with van der Waals surface area (Å²) < 4.78 is 86.0. The molecule has 40 heavy (non-hydrogen) atoms. The van der Waals surface area contributed by atoms with Gasteiger partial charge < -0.3 is 19.9 Å². The molecule has 1 N–H and O–H groups in total. The number of ether oxygens (including phenoxy) is 1. The summed E-state index contributed by atoms with van der Waals surface area (Å²) in [6, 6.07) is 5.61. The molecule has 12 heteroatoms. The van der Waals surface area contributed by atoms with Crippen molar-refractivity contribution in [1.82, 2.24) is 15.1 Å². The summed E-state index contributed by atoms with van der Waals surface area (Å²) in [6.07, 6.45) is -10.3. The van der Waals surface area contributed by atoms with Gasteiger partial charge in [-0.2, -0.15) is 26.3 Å². The smallest absolute Gasteiger partial charge is 0.416 e. The number of amides is 3. The maximum absolute atomic E-state index is 13.7. The van der Waals surface area contributed by atoms with Gasteiger partial charge in [-0.05, 0) is 75.9 Å². The van der Waals surface area contributed by atoms with Crippen LogP contribution < -0.4 is 5.32 Å². The lowest BCUT2D eigenvalue weighted by molar-refractivity contribution is -0.143. The van der Waals surface area contributed by atoms with Gasteiger partial charge in [0, 0.05) is 13.6 Å². The maximum Gasteiger partial charge on any atom is 0.416 e. The number of rotatable bonds is 4. The van der Waals surface area contributed by atoms with Crippen LogP contribution in [0.2, 0.25) is 0 Å². The average molecular weight is 574 g/mol. The van der Waals surface area contributed by atoms with E-state index in [-0.39, 0.29) is 18.2 Å². The van der Waals surface area contributed by atoms with E-state index in [9.17, 15) is 35.9 Å². The Balaban J connectivity index is 1.95. The highest BCUT2D eigenvalue weighted by Gasteiger charge is 2.43. The van der Waals surface area contributed by atoms with Gasteiger partial charge in [0.25, 0.3) is 0 Å². The lowest BCUT2D eigenvalue weighted by Crippen LogP contribution is -2.46. The van der Waals surface area contributed by atoms with Gasteiger partial charge >= 0.3 is 24.5 Å². The molecule has 0 spiro atoms. The Morgan fingerprint density at radius 3 is 2.05 bits per heavy atom. The van der Waals surface area contributed by atoms with Crippen molar-refractivity contribution in [3.63, 3.8) is 0 Å². The topological polar surface area (TPSA) is 61.9 Å². The number of halogens is 6. The van der Waals surface area contributed by atoms with Gasteiger partial charge in [-0.25, -0.2) is 9.59 Å². The number of hydrogen-bond acceptors (Lipinski definition) is 3. The minimum Gasteiger partial charge on any atom is -0.444 e. The molecule has 1 aliphatic heterocycles. The third-order valence-corrected chi connectivity index (χ3v) is 6.83. The number of alkyl carbamates (subject to hydrolysis) is 1. The molecule has 2 aromatic carbocycles. The molecule has 0 saturated carbocycles. The van der Waals surface area contributed by atoms with Gasteiger partial charge in [0.1, 0.15) is 5.60 Å². The van der Waals surface area contributed by atoms with Crippen LogP contribution >= 0.6 is 0 Å². The number of benzene rings is 2. The van der Waals surface area contributed by atoms with Crippen molar-refractivity contribution < 1.29 is 40.7 Å². The number of carbonyl (C=O) groups is 2. The number of hydrogen-bond donors (Lipinski definition) is 1. The van der Waals surface area contributed by atoms with E-state index < -0.39 is 59.3 Å². The predicted molar refractivity (Wildman–Crippen MR) is 136 cm³/mol. The molecule has 220 valence electrons. The maximum atomic E-state index is 13.7. The molecule has 1 saturated heterocycles. The van der Waals surface area contributed by atoms with Crippen molar-refractivity contribution in [1.29, 1.82) is 0 Å². The standard InChI is InChI=1S/C28H33F6N3O3/c1-16-9-7-8-10-21(16)23-22(35-24(38)40-26(3,4)5)11-12-37(23)25(39)36(6)17(2)18-13-19(27(29,30)31)15-20(14-18)28(32,33)34/h7-10,13-15,17,22-23H,11-12H2,1-6H3,(H,35,38). The number of likely N-dealkylation sites (tertiary alicyclic amines) is 1. The van der Waals surface area contributed by atoms with E-state index in [0.29, 0.717) is 18.6 Å². The fourth-order valence-electron chi connectivity index (χ4n) is 4.73. The van der Waals surface area contributed by atoms with Crippen molar-refractivity contribution in [2.75, 3.05) is 13.6 Å². The summed E-state index contributed by atoms with van der Waals surface area (Å²) in [5.74, 6) is 0. The third kappa shape index (κ3) is 7.19. The number of alkyl halides is 6. The van der Waals surface area contributed by atoms with Crippen LogP contribution in [-0.2, 0) is 17.1 Å². The molecule has 1 fully saturated rings. The third-order valence-electron chi connectivity index (χ3n) is 6.83. The molecule has 3 unspecified atom stereocenters. The summed E-state index contributed by atoms with van der Waals surface area (Å²) >= 11 is 0. The summed E-state index contributed by atoms with van der Waals surface area (Å²) in [7, 11) is 1.32. The van der Waals surface area contributed by atoms with Gasteiger partial charge in [-0.15, -0.1) is 0 Å². The number of urea groups is 1. The summed E-state index contributed by atoms with van der Waals surface area (Å²) in [5.41, 5.74) is -2.39. The quantitative estimate of drug-likeness (QED) is 0.386. The Morgan fingerprint density at radius 1 is 1.00 bits per heavy atom. The fourth-order valence-corrected chi connectivity index (χ4v) is 4.73. The number of carbonyl (C=O) groups excluding carboxylic acids is 2. The number of nitrogens with one attached hydrogen (secondary N) is 1. The van der Waals surface area contributed by atoms with Gasteiger partial charge in [0.05, 0.1) is 29.3 Å². The molecule has 0 aliphatic carbocycles. The first-order valence-electron chi connectivity index (χ1n) is 12.7. The zero-order valence-corrected chi connectivity index (χ0v) is 23.1. The Hall–Kier alpha value is -3.44. The minimum absolute atomic E-state index is 0.0552. The molecular formula is C28H33F6N3O3. The lowest BCUT2D eigenvalue weighted by Gasteiger charge is -2.35. The molecule has 3 atom stereocenters. The summed E-state index contributed by atoms with van der Waals surface area (Å²) in [4.78, 5) is 28.9. The molecule has 1 heterocycles. The largest absolute Gasteiger partial charge is 0.444 e. The van der Waals surface area contributed by atoms with Crippen molar-refractivity contribution in [2.45, 2.75) is 77.1 Å². The second-order valence-electron chi connectivity index (χ2n) is 10.9. The van der Waals surface area contributed by atoms with Crippen LogP contribution in [0.15, 0.2) is 42.5 Å². The van der Waals surface area contributed by atoms with E-state index in [1.807, 2.05) is 19.1 Å². The summed E-state index contributed by atoms with van der Waals surface area (Å²) in [6.45, 7) is 8.53. The van der Waals surface area contributed by atoms with E-state index in [0.717, 1.165) is 16.0 Å². The molecule has 3 rings (SSSR count). The van der Waals surface area contributed by atoms with E-state index in [2.05, 4.69) is 5.32 Å². The Morgan fingerprint density at radius 2 is 1.55 bits per heavy atom. The fraction of sp³-hybridized carbons (Fsp3) is 0.500. The molecule has 3 amide bonds. The van der Waals surface area contributed by atoms with Crippen LogP contribution in [0.5, 0.6) is 0 Å². The number of nitrogens with zero attached hydrogens (tertiary/aromatic N) is 2. The Labute approximate surface area is 229 Å². The normalized spacial score (nSPS) is 18.9. The van der Waals surface area contributed by atoms with Crippen LogP contribution in [0, 0.1) is 6.92 Å². The zero-order valence-electron chi connectivity index (χ0n) is 23.1. The van der Waals surface area contributed by atoms with Crippen LogP contribution in [-0.4, -0.2) is 47.2 Å². The average Bonchev–Trinajstić information content (AvgIpc) is 3.23. The van der Waals surface area contributed by atoms with Crippen LogP contribution in [0.3, 0.4) is 0 Å². The molecule has 0 aromatic heterocycles. The van der Waals surface area contributed by atoms with Crippen LogP contribution in [0.1, 0.15) is 74.0 Å². The Bertz CT molecular complexity index is 1210. The molecule has 0 bridgehead atoms. The monoisotopic (exact) mass is 573 g/mol. The first kappa shape index (κ1) is 31.1. The van der Waals surface area contributed by atoms with Crippen LogP contribution in [0.4, 0.5) is 35.9 Å². The van der Waals surface area contributed by atoms with Crippen LogP contribution in [0.25, 0.3) is 0 Å². The molecule has 1 aliphatic rings. The highest BCUT2D eigenvalue weighted by atomic mass is 19.4. The first-order chi connectivity index (χ1) is 18.3. The van der Waals surface area contributed by atoms with Crippen molar-refractivity contribution in [2.24, 2.45) is 0 Å². The number of aryl methyl sites for hydroxylation is 1. The molecule has 2 aromatic rings. The van der Waals surface area contributed by atoms with Crippen molar-refractivity contribution >= 4 is 12.1 Å². The first-order valence-corrected chi connectivity index (χ1v) is 12.7. The van der Waals surface area contributed by atoms with Gasteiger partial charge in [-0.1, -0.05) is 24.3 Å². The SMILES string of the molecule is Cc1ccccc1C1C(NC(=O)OC(C)(C)C)CCN1C(=O)N(C)C(C)c1cc(C(F)(F)F)cc(C(F)(F)F)c1. The molecular weight excluding hydrogens is 540 g/mol. The van der Waals surface area contributed by atoms with E-state index in [1.54, 1.807) is 32.9 Å². The zero-order chi connectivity index (χ0) is 30.2. The van der Waals surface area contributed by atoms with Gasteiger partial charge in [0.15, 0.2) is 0 Å². The highest BCUT2D eigenvalue weighted by Crippen LogP contribution is 2.40. The van der Waals surface area contributed by atoms with Crippen molar-refractivity contribution in [3.8, 4) is 0 Å². The van der Waals surface area contributed by atoms with E-state index in [4.69, 9.17) is 4.74 Å².